The fourth-order valence-electron chi connectivity index (χ4n) is 2.24. The van der Waals surface area contributed by atoms with Crippen molar-refractivity contribution < 1.29 is 9.53 Å². The van der Waals surface area contributed by atoms with E-state index in [0.29, 0.717) is 12.5 Å². The summed E-state index contributed by atoms with van der Waals surface area (Å²) in [7, 11) is 1.68. The Bertz CT molecular complexity index is 442. The van der Waals surface area contributed by atoms with Gasteiger partial charge in [0.15, 0.2) is 0 Å². The van der Waals surface area contributed by atoms with Gasteiger partial charge in [0.05, 0.1) is 7.11 Å². The van der Waals surface area contributed by atoms with Gasteiger partial charge in [0.1, 0.15) is 5.75 Å². The minimum Gasteiger partial charge on any atom is -0.496 e. The SMILES string of the molecule is COc1ccc(C)cc1CCNC(=O)C1CC1C. The van der Waals surface area contributed by atoms with Gasteiger partial charge in [-0.1, -0.05) is 24.6 Å². The first kappa shape index (κ1) is 12.9. The molecule has 1 N–H and O–H groups in total. The zero-order chi connectivity index (χ0) is 13.1. The van der Waals surface area contributed by atoms with Crippen LogP contribution in [0.4, 0.5) is 0 Å². The molecule has 98 valence electrons. The Labute approximate surface area is 109 Å². The lowest BCUT2D eigenvalue weighted by Crippen LogP contribution is -2.27. The molecule has 0 aromatic heterocycles. The Morgan fingerprint density at radius 1 is 1.50 bits per heavy atom. The highest BCUT2D eigenvalue weighted by Gasteiger charge is 2.38. The number of amides is 1. The van der Waals surface area contributed by atoms with E-state index in [0.717, 1.165) is 24.2 Å². The third-order valence-electron chi connectivity index (χ3n) is 3.58. The second-order valence-electron chi connectivity index (χ2n) is 5.18. The van der Waals surface area contributed by atoms with Crippen LogP contribution in [0.2, 0.25) is 0 Å². The molecule has 2 rings (SSSR count). The topological polar surface area (TPSA) is 38.3 Å². The first-order valence-corrected chi connectivity index (χ1v) is 6.53. The van der Waals surface area contributed by atoms with Crippen LogP contribution in [-0.4, -0.2) is 19.6 Å². The Morgan fingerprint density at radius 2 is 2.22 bits per heavy atom. The number of hydrogen-bond donors (Lipinski definition) is 1. The summed E-state index contributed by atoms with van der Waals surface area (Å²) in [6, 6.07) is 6.13. The average molecular weight is 247 g/mol. The molecule has 2 unspecified atom stereocenters. The van der Waals surface area contributed by atoms with Crippen molar-refractivity contribution in [2.75, 3.05) is 13.7 Å². The highest BCUT2D eigenvalue weighted by Crippen LogP contribution is 2.37. The summed E-state index contributed by atoms with van der Waals surface area (Å²) in [5, 5.41) is 3.00. The van der Waals surface area contributed by atoms with Crippen LogP contribution in [-0.2, 0) is 11.2 Å². The maximum absolute atomic E-state index is 11.7. The molecule has 1 fully saturated rings. The Hall–Kier alpha value is -1.51. The summed E-state index contributed by atoms with van der Waals surface area (Å²) >= 11 is 0. The average Bonchev–Trinajstić information content (AvgIpc) is 3.07. The van der Waals surface area contributed by atoms with Crippen molar-refractivity contribution in [1.82, 2.24) is 5.32 Å². The normalized spacial score (nSPS) is 21.5. The van der Waals surface area contributed by atoms with Gasteiger partial charge in [-0.15, -0.1) is 0 Å². The molecule has 0 radical (unpaired) electrons. The van der Waals surface area contributed by atoms with Gasteiger partial charge in [-0.05, 0) is 37.3 Å². The van der Waals surface area contributed by atoms with Crippen LogP contribution in [0.3, 0.4) is 0 Å². The van der Waals surface area contributed by atoms with Gasteiger partial charge in [0.25, 0.3) is 0 Å². The third kappa shape index (κ3) is 3.03. The summed E-state index contributed by atoms with van der Waals surface area (Å²) < 4.78 is 5.32. The molecule has 18 heavy (non-hydrogen) atoms. The number of nitrogens with one attached hydrogen (secondary N) is 1. The molecule has 1 amide bonds. The van der Waals surface area contributed by atoms with E-state index in [4.69, 9.17) is 4.74 Å². The molecule has 1 saturated carbocycles. The second kappa shape index (κ2) is 5.42. The Kier molecular flexibility index (Phi) is 3.90. The fourth-order valence-corrected chi connectivity index (χ4v) is 2.24. The van der Waals surface area contributed by atoms with E-state index < -0.39 is 0 Å². The van der Waals surface area contributed by atoms with Gasteiger partial charge in [0, 0.05) is 12.5 Å². The van der Waals surface area contributed by atoms with Crippen LogP contribution in [0.5, 0.6) is 5.75 Å². The molecular weight excluding hydrogens is 226 g/mol. The van der Waals surface area contributed by atoms with Crippen LogP contribution >= 0.6 is 0 Å². The predicted molar refractivity (Wildman–Crippen MR) is 71.7 cm³/mol. The molecule has 0 heterocycles. The first-order valence-electron chi connectivity index (χ1n) is 6.53. The number of methoxy groups -OCH3 is 1. The van der Waals surface area contributed by atoms with Crippen LogP contribution in [0.1, 0.15) is 24.5 Å². The van der Waals surface area contributed by atoms with Crippen LogP contribution in [0, 0.1) is 18.8 Å². The smallest absolute Gasteiger partial charge is 0.223 e. The van der Waals surface area contributed by atoms with Gasteiger partial charge in [-0.3, -0.25) is 4.79 Å². The monoisotopic (exact) mass is 247 g/mol. The lowest BCUT2D eigenvalue weighted by molar-refractivity contribution is -0.122. The van der Waals surface area contributed by atoms with Gasteiger partial charge in [0.2, 0.25) is 5.91 Å². The molecule has 0 spiro atoms. The summed E-state index contributed by atoms with van der Waals surface area (Å²) in [6.45, 7) is 4.86. The molecule has 0 aliphatic heterocycles. The van der Waals surface area contributed by atoms with Gasteiger partial charge >= 0.3 is 0 Å². The summed E-state index contributed by atoms with van der Waals surface area (Å²) in [6.07, 6.45) is 1.86. The quantitative estimate of drug-likeness (QED) is 0.867. The van der Waals surface area contributed by atoms with Crippen LogP contribution < -0.4 is 10.1 Å². The minimum atomic E-state index is 0.203. The van der Waals surface area contributed by atoms with Crippen molar-refractivity contribution in [2.45, 2.75) is 26.7 Å². The maximum Gasteiger partial charge on any atom is 0.223 e. The molecule has 1 aliphatic rings. The second-order valence-corrected chi connectivity index (χ2v) is 5.18. The highest BCUT2D eigenvalue weighted by atomic mass is 16.5. The van der Waals surface area contributed by atoms with E-state index in [2.05, 4.69) is 25.2 Å². The summed E-state index contributed by atoms with van der Waals surface area (Å²) in [5.41, 5.74) is 2.37. The van der Waals surface area contributed by atoms with E-state index in [1.165, 1.54) is 5.56 Å². The number of aryl methyl sites for hydroxylation is 1. The number of carbonyl (C=O) groups is 1. The standard InChI is InChI=1S/C15H21NO2/c1-10-4-5-14(18-3)12(8-10)6-7-16-15(17)13-9-11(13)2/h4-5,8,11,13H,6-7,9H2,1-3H3,(H,16,17). The lowest BCUT2D eigenvalue weighted by Gasteiger charge is -2.10. The van der Waals surface area contributed by atoms with Crippen molar-refractivity contribution in [3.63, 3.8) is 0 Å². The zero-order valence-electron chi connectivity index (χ0n) is 11.3. The van der Waals surface area contributed by atoms with Gasteiger partial charge in [-0.2, -0.15) is 0 Å². The predicted octanol–water partition coefficient (Wildman–Crippen LogP) is 2.32. The number of ether oxygens (including phenoxy) is 1. The summed E-state index contributed by atoms with van der Waals surface area (Å²) in [4.78, 5) is 11.7. The Morgan fingerprint density at radius 3 is 2.83 bits per heavy atom. The van der Waals surface area contributed by atoms with E-state index in [-0.39, 0.29) is 11.8 Å². The van der Waals surface area contributed by atoms with Crippen molar-refractivity contribution in [3.8, 4) is 5.75 Å². The van der Waals surface area contributed by atoms with Crippen molar-refractivity contribution >= 4 is 5.91 Å². The number of benzene rings is 1. The third-order valence-corrected chi connectivity index (χ3v) is 3.58. The molecule has 1 aromatic rings. The number of rotatable bonds is 5. The molecule has 2 atom stereocenters. The summed E-state index contributed by atoms with van der Waals surface area (Å²) in [5.74, 6) is 1.92. The van der Waals surface area contributed by atoms with Crippen LogP contribution in [0.25, 0.3) is 0 Å². The van der Waals surface area contributed by atoms with E-state index in [9.17, 15) is 4.79 Å². The van der Waals surface area contributed by atoms with Crippen molar-refractivity contribution in [2.24, 2.45) is 11.8 Å². The fraction of sp³-hybridized carbons (Fsp3) is 0.533. The lowest BCUT2D eigenvalue weighted by atomic mass is 10.1. The molecular formula is C15H21NO2. The van der Waals surface area contributed by atoms with E-state index in [1.807, 2.05) is 12.1 Å². The van der Waals surface area contributed by atoms with E-state index >= 15 is 0 Å². The largest absolute Gasteiger partial charge is 0.496 e. The molecule has 1 aromatic carbocycles. The van der Waals surface area contributed by atoms with Crippen molar-refractivity contribution in [1.29, 1.82) is 0 Å². The maximum atomic E-state index is 11.7. The van der Waals surface area contributed by atoms with Crippen LogP contribution in [0.15, 0.2) is 18.2 Å². The van der Waals surface area contributed by atoms with Crippen molar-refractivity contribution in [3.05, 3.63) is 29.3 Å². The highest BCUT2D eigenvalue weighted by molar-refractivity contribution is 5.81. The molecule has 0 saturated heterocycles. The first-order chi connectivity index (χ1) is 8.61. The molecule has 3 heteroatoms. The molecule has 0 bridgehead atoms. The van der Waals surface area contributed by atoms with E-state index in [1.54, 1.807) is 7.11 Å². The van der Waals surface area contributed by atoms with Gasteiger partial charge in [-0.25, -0.2) is 0 Å². The molecule has 3 nitrogen and oxygen atoms in total. The Balaban J connectivity index is 1.86. The number of carbonyl (C=O) groups excluding carboxylic acids is 1. The minimum absolute atomic E-state index is 0.203. The molecule has 1 aliphatic carbocycles. The van der Waals surface area contributed by atoms with Gasteiger partial charge < -0.3 is 10.1 Å². The zero-order valence-corrected chi connectivity index (χ0v) is 11.3. The number of hydrogen-bond acceptors (Lipinski definition) is 2.